The van der Waals surface area contributed by atoms with Gasteiger partial charge in [-0.25, -0.2) is 4.79 Å². The number of hydrogen-bond donors (Lipinski definition) is 1. The van der Waals surface area contributed by atoms with E-state index in [1.807, 2.05) is 39.1 Å². The summed E-state index contributed by atoms with van der Waals surface area (Å²) in [5, 5.41) is 10.8. The smallest absolute Gasteiger partial charge is 0.410 e. The lowest BCUT2D eigenvalue weighted by Crippen LogP contribution is -2.49. The molecule has 0 saturated carbocycles. The summed E-state index contributed by atoms with van der Waals surface area (Å²) in [5.74, 6) is 0. The molecule has 34 heavy (non-hydrogen) atoms. The second-order valence-corrected chi connectivity index (χ2v) is 11.5. The number of benzene rings is 1. The number of rotatable bonds is 1. The molecule has 2 fully saturated rings. The highest BCUT2D eigenvalue weighted by molar-refractivity contribution is 9.10. The first-order chi connectivity index (χ1) is 16.1. The largest absolute Gasteiger partial charge is 0.444 e. The summed E-state index contributed by atoms with van der Waals surface area (Å²) in [6.07, 6.45) is 3.18. The molecule has 3 heterocycles. The van der Waals surface area contributed by atoms with Crippen molar-refractivity contribution in [2.45, 2.75) is 70.5 Å². The Balaban J connectivity index is 1.59. The third-order valence-corrected chi connectivity index (χ3v) is 7.21. The molecule has 0 spiro atoms. The first-order valence-corrected chi connectivity index (χ1v) is 12.8. The molecule has 2 aliphatic heterocycles. The van der Waals surface area contributed by atoms with Crippen LogP contribution in [-0.2, 0) is 22.3 Å². The van der Waals surface area contributed by atoms with Crippen molar-refractivity contribution in [2.24, 2.45) is 0 Å². The standard InChI is InChI=1S/C26H28BrClN2O4/c1-26(2,3)34-25(32)30-9-8-15(12-20(30)23-24(31)33-23)21-19-7-6-18(28)11-14(19)4-5-16-10-17(27)13-29-22(16)21/h6-7,10-11,13,20,23-24,31H,4-5,8-9,12H2,1-3H3/b21-15+. The number of piperidine rings is 1. The van der Waals surface area contributed by atoms with Crippen molar-refractivity contribution < 1.29 is 19.4 Å². The molecule has 1 N–H and O–H groups in total. The molecule has 180 valence electrons. The van der Waals surface area contributed by atoms with Crippen LogP contribution in [-0.4, -0.2) is 51.7 Å². The van der Waals surface area contributed by atoms with Crippen LogP contribution in [0.3, 0.4) is 0 Å². The molecule has 3 unspecified atom stereocenters. The lowest BCUT2D eigenvalue weighted by molar-refractivity contribution is 0.0101. The zero-order valence-electron chi connectivity index (χ0n) is 19.5. The van der Waals surface area contributed by atoms with Gasteiger partial charge in [0.2, 0.25) is 0 Å². The normalized spacial score (nSPS) is 26.4. The van der Waals surface area contributed by atoms with Crippen LogP contribution >= 0.6 is 27.5 Å². The van der Waals surface area contributed by atoms with E-state index in [2.05, 4.69) is 28.1 Å². The number of nitrogens with zero attached hydrogens (tertiary/aromatic N) is 2. The number of carbonyl (C=O) groups excluding carboxylic acids is 1. The van der Waals surface area contributed by atoms with Gasteiger partial charge in [0.25, 0.3) is 0 Å². The molecule has 1 aliphatic carbocycles. The van der Waals surface area contributed by atoms with E-state index in [1.54, 1.807) is 4.90 Å². The van der Waals surface area contributed by atoms with E-state index in [9.17, 15) is 9.90 Å². The minimum atomic E-state index is -0.860. The Hall–Kier alpha value is -1.93. The van der Waals surface area contributed by atoms with Gasteiger partial charge in [0.15, 0.2) is 6.29 Å². The van der Waals surface area contributed by atoms with Gasteiger partial charge < -0.3 is 19.5 Å². The SMILES string of the molecule is CC(C)(C)OC(=O)N1CC/C(=C2/c3ccc(Cl)cc3CCc3cc(Br)cnc32)CC1C1OC1O. The molecule has 3 aliphatic rings. The van der Waals surface area contributed by atoms with Crippen LogP contribution in [0.25, 0.3) is 5.57 Å². The van der Waals surface area contributed by atoms with Crippen molar-refractivity contribution in [1.82, 2.24) is 9.88 Å². The highest BCUT2D eigenvalue weighted by Gasteiger charge is 2.50. The fourth-order valence-corrected chi connectivity index (χ4v) is 5.59. The molecule has 2 aromatic rings. The molecule has 3 atom stereocenters. The molecular formula is C26H28BrClN2O4. The number of pyridine rings is 1. The summed E-state index contributed by atoms with van der Waals surface area (Å²) in [6.45, 7) is 6.05. The van der Waals surface area contributed by atoms with Crippen molar-refractivity contribution in [3.05, 3.63) is 67.9 Å². The summed E-state index contributed by atoms with van der Waals surface area (Å²) in [6, 6.07) is 7.87. The Morgan fingerprint density at radius 2 is 1.97 bits per heavy atom. The highest BCUT2D eigenvalue weighted by Crippen LogP contribution is 2.42. The number of likely N-dealkylation sites (tertiary alicyclic amines) is 1. The molecule has 1 aromatic carbocycles. The number of aryl methyl sites for hydroxylation is 2. The second-order valence-electron chi connectivity index (χ2n) is 10.1. The van der Waals surface area contributed by atoms with E-state index in [4.69, 9.17) is 26.1 Å². The predicted molar refractivity (Wildman–Crippen MR) is 134 cm³/mol. The maximum absolute atomic E-state index is 13.0. The van der Waals surface area contributed by atoms with Gasteiger partial charge in [-0.15, -0.1) is 0 Å². The number of carbonyl (C=O) groups is 1. The summed E-state index contributed by atoms with van der Waals surface area (Å²) >= 11 is 9.92. The maximum atomic E-state index is 13.0. The minimum Gasteiger partial charge on any atom is -0.444 e. The minimum absolute atomic E-state index is 0.306. The van der Waals surface area contributed by atoms with E-state index >= 15 is 0 Å². The summed E-state index contributed by atoms with van der Waals surface area (Å²) in [4.78, 5) is 19.5. The quantitative estimate of drug-likeness (QED) is 0.476. The molecule has 0 bridgehead atoms. The zero-order chi connectivity index (χ0) is 24.2. The molecule has 1 amide bonds. The van der Waals surface area contributed by atoms with Crippen LogP contribution < -0.4 is 0 Å². The number of aliphatic hydroxyl groups is 1. The van der Waals surface area contributed by atoms with Crippen molar-refractivity contribution >= 4 is 39.2 Å². The van der Waals surface area contributed by atoms with Gasteiger partial charge in [-0.05, 0) is 97.3 Å². The van der Waals surface area contributed by atoms with Crippen molar-refractivity contribution in [2.75, 3.05) is 6.54 Å². The van der Waals surface area contributed by atoms with Crippen LogP contribution in [0.4, 0.5) is 4.79 Å². The third-order valence-electron chi connectivity index (χ3n) is 6.54. The Kier molecular flexibility index (Phi) is 6.25. The molecule has 2 saturated heterocycles. The first kappa shape index (κ1) is 23.8. The Morgan fingerprint density at radius 3 is 2.68 bits per heavy atom. The van der Waals surface area contributed by atoms with Gasteiger partial charge in [-0.1, -0.05) is 23.2 Å². The molecule has 1 aromatic heterocycles. The van der Waals surface area contributed by atoms with Crippen LogP contribution in [0.5, 0.6) is 0 Å². The van der Waals surface area contributed by atoms with Gasteiger partial charge in [0.1, 0.15) is 11.7 Å². The van der Waals surface area contributed by atoms with Crippen molar-refractivity contribution in [1.29, 1.82) is 0 Å². The number of aromatic nitrogens is 1. The summed E-state index contributed by atoms with van der Waals surface area (Å²) < 4.78 is 12.1. The third kappa shape index (κ3) is 4.76. The number of halogens is 2. The average Bonchev–Trinajstić information content (AvgIpc) is 3.51. The topological polar surface area (TPSA) is 75.2 Å². The van der Waals surface area contributed by atoms with Crippen LogP contribution in [0, 0.1) is 0 Å². The van der Waals surface area contributed by atoms with Gasteiger partial charge in [0, 0.05) is 27.8 Å². The van der Waals surface area contributed by atoms with Crippen LogP contribution in [0.1, 0.15) is 56.0 Å². The number of fused-ring (bicyclic) bond motifs is 2. The monoisotopic (exact) mass is 546 g/mol. The highest BCUT2D eigenvalue weighted by atomic mass is 79.9. The first-order valence-electron chi connectivity index (χ1n) is 11.6. The fourth-order valence-electron chi connectivity index (χ4n) is 5.01. The molecule has 8 heteroatoms. The Bertz CT molecular complexity index is 1120. The van der Waals surface area contributed by atoms with Crippen molar-refractivity contribution in [3.8, 4) is 0 Å². The van der Waals surface area contributed by atoms with Gasteiger partial charge in [-0.3, -0.25) is 4.98 Å². The number of hydrogen-bond acceptors (Lipinski definition) is 5. The van der Waals surface area contributed by atoms with Crippen LogP contribution in [0.15, 0.2) is 40.5 Å². The number of amides is 1. The lowest BCUT2D eigenvalue weighted by atomic mass is 9.85. The van der Waals surface area contributed by atoms with Gasteiger partial charge in [0.05, 0.1) is 11.7 Å². The van der Waals surface area contributed by atoms with E-state index in [0.717, 1.165) is 39.2 Å². The molecular weight excluding hydrogens is 520 g/mol. The van der Waals surface area contributed by atoms with E-state index in [-0.39, 0.29) is 12.1 Å². The average molecular weight is 548 g/mol. The number of epoxide rings is 1. The molecule has 6 nitrogen and oxygen atoms in total. The molecule has 5 rings (SSSR count). The van der Waals surface area contributed by atoms with E-state index < -0.39 is 18.0 Å². The number of aliphatic hydroxyl groups excluding tert-OH is 1. The molecule has 0 radical (unpaired) electrons. The maximum Gasteiger partial charge on any atom is 0.410 e. The number of ether oxygens (including phenoxy) is 2. The van der Waals surface area contributed by atoms with Gasteiger partial charge in [-0.2, -0.15) is 0 Å². The Labute approximate surface area is 213 Å². The van der Waals surface area contributed by atoms with Crippen molar-refractivity contribution in [3.63, 3.8) is 0 Å². The fraction of sp³-hybridized carbons (Fsp3) is 0.462. The summed E-state index contributed by atoms with van der Waals surface area (Å²) in [7, 11) is 0. The van der Waals surface area contributed by atoms with Crippen LogP contribution in [0.2, 0.25) is 5.02 Å². The van der Waals surface area contributed by atoms with Gasteiger partial charge >= 0.3 is 6.09 Å². The second kappa shape index (κ2) is 8.94. The lowest BCUT2D eigenvalue weighted by Gasteiger charge is -2.38. The summed E-state index contributed by atoms with van der Waals surface area (Å²) in [5.41, 5.74) is 6.19. The zero-order valence-corrected chi connectivity index (χ0v) is 21.8. The predicted octanol–water partition coefficient (Wildman–Crippen LogP) is 5.51. The Morgan fingerprint density at radius 1 is 1.24 bits per heavy atom. The van der Waals surface area contributed by atoms with E-state index in [1.165, 1.54) is 16.7 Å². The van der Waals surface area contributed by atoms with E-state index in [0.29, 0.717) is 19.4 Å².